The van der Waals surface area contributed by atoms with Crippen LogP contribution in [-0.2, 0) is 0 Å². The summed E-state index contributed by atoms with van der Waals surface area (Å²) >= 11 is 1.43. The predicted molar refractivity (Wildman–Crippen MR) is 86.0 cm³/mol. The van der Waals surface area contributed by atoms with Crippen LogP contribution in [0.1, 0.15) is 0 Å². The zero-order valence-electron chi connectivity index (χ0n) is 12.1. The van der Waals surface area contributed by atoms with E-state index in [1.54, 1.807) is 30.5 Å². The van der Waals surface area contributed by atoms with Crippen molar-refractivity contribution in [1.82, 2.24) is 4.98 Å². The van der Waals surface area contributed by atoms with Gasteiger partial charge in [0.2, 0.25) is 0 Å². The smallest absolute Gasteiger partial charge is 0.273 e. The number of hydrogen-bond acceptors (Lipinski definition) is 5. The SMILES string of the molecule is Fc1cccc(Oc2cccc(OCCOc3nccs3)c2)c1. The summed E-state index contributed by atoms with van der Waals surface area (Å²) in [4.78, 5) is 4.02. The third-order valence-electron chi connectivity index (χ3n) is 2.82. The summed E-state index contributed by atoms with van der Waals surface area (Å²) in [7, 11) is 0. The lowest BCUT2D eigenvalue weighted by Crippen LogP contribution is -2.08. The molecule has 3 aromatic rings. The normalized spacial score (nSPS) is 10.3. The van der Waals surface area contributed by atoms with E-state index in [0.717, 1.165) is 0 Å². The Labute approximate surface area is 137 Å². The van der Waals surface area contributed by atoms with Crippen LogP contribution in [0.3, 0.4) is 0 Å². The van der Waals surface area contributed by atoms with Crippen molar-refractivity contribution < 1.29 is 18.6 Å². The van der Waals surface area contributed by atoms with E-state index in [2.05, 4.69) is 4.98 Å². The van der Waals surface area contributed by atoms with E-state index < -0.39 is 0 Å². The summed E-state index contributed by atoms with van der Waals surface area (Å²) < 4.78 is 29.8. The van der Waals surface area contributed by atoms with Crippen LogP contribution in [0.15, 0.2) is 60.1 Å². The molecule has 0 bridgehead atoms. The minimum atomic E-state index is -0.339. The maximum atomic E-state index is 13.1. The van der Waals surface area contributed by atoms with Gasteiger partial charge in [0.1, 0.15) is 36.3 Å². The van der Waals surface area contributed by atoms with Crippen molar-refractivity contribution in [3.63, 3.8) is 0 Å². The van der Waals surface area contributed by atoms with Crippen LogP contribution in [0.25, 0.3) is 0 Å². The van der Waals surface area contributed by atoms with Crippen LogP contribution < -0.4 is 14.2 Å². The first-order valence-corrected chi connectivity index (χ1v) is 7.86. The first kappa shape index (κ1) is 15.3. The number of benzene rings is 2. The molecule has 1 aromatic heterocycles. The van der Waals surface area contributed by atoms with E-state index in [1.165, 1.54) is 23.5 Å². The molecule has 0 atom stereocenters. The van der Waals surface area contributed by atoms with Crippen molar-refractivity contribution in [2.24, 2.45) is 0 Å². The molecule has 1 heterocycles. The molecule has 0 saturated carbocycles. The maximum absolute atomic E-state index is 13.1. The van der Waals surface area contributed by atoms with Crippen molar-refractivity contribution in [2.75, 3.05) is 13.2 Å². The predicted octanol–water partition coefficient (Wildman–Crippen LogP) is 4.53. The first-order valence-electron chi connectivity index (χ1n) is 6.98. The van der Waals surface area contributed by atoms with Gasteiger partial charge < -0.3 is 14.2 Å². The number of hydrogen-bond donors (Lipinski definition) is 0. The summed E-state index contributed by atoms with van der Waals surface area (Å²) in [5.41, 5.74) is 0. The highest BCUT2D eigenvalue weighted by atomic mass is 32.1. The molecule has 3 rings (SSSR count). The average Bonchev–Trinajstić information content (AvgIpc) is 3.05. The van der Waals surface area contributed by atoms with Gasteiger partial charge in [0, 0.05) is 23.7 Å². The monoisotopic (exact) mass is 331 g/mol. The highest BCUT2D eigenvalue weighted by Crippen LogP contribution is 2.25. The molecule has 0 saturated heterocycles. The molecule has 0 aliphatic rings. The lowest BCUT2D eigenvalue weighted by Gasteiger charge is -2.09. The van der Waals surface area contributed by atoms with Crippen molar-refractivity contribution in [3.05, 3.63) is 65.9 Å². The largest absolute Gasteiger partial charge is 0.490 e. The molecule has 2 aromatic carbocycles. The van der Waals surface area contributed by atoms with Crippen molar-refractivity contribution in [1.29, 1.82) is 0 Å². The van der Waals surface area contributed by atoms with E-state index in [4.69, 9.17) is 14.2 Å². The molecule has 6 heteroatoms. The lowest BCUT2D eigenvalue weighted by atomic mass is 10.3. The van der Waals surface area contributed by atoms with Gasteiger partial charge in [0.15, 0.2) is 0 Å². The van der Waals surface area contributed by atoms with Gasteiger partial charge >= 0.3 is 0 Å². The van der Waals surface area contributed by atoms with Crippen LogP contribution in [-0.4, -0.2) is 18.2 Å². The first-order chi connectivity index (χ1) is 11.3. The number of halogens is 1. The van der Waals surface area contributed by atoms with E-state index >= 15 is 0 Å². The summed E-state index contributed by atoms with van der Waals surface area (Å²) in [5.74, 6) is 1.33. The van der Waals surface area contributed by atoms with E-state index in [1.807, 2.05) is 17.5 Å². The Morgan fingerprint density at radius 2 is 1.65 bits per heavy atom. The van der Waals surface area contributed by atoms with Crippen LogP contribution in [0.4, 0.5) is 4.39 Å². The van der Waals surface area contributed by atoms with Gasteiger partial charge in [0.25, 0.3) is 5.19 Å². The van der Waals surface area contributed by atoms with Gasteiger partial charge in [-0.25, -0.2) is 9.37 Å². The molecule has 0 radical (unpaired) electrons. The fourth-order valence-electron chi connectivity index (χ4n) is 1.86. The molecule has 4 nitrogen and oxygen atoms in total. The number of nitrogens with zero attached hydrogens (tertiary/aromatic N) is 1. The topological polar surface area (TPSA) is 40.6 Å². The number of rotatable bonds is 7. The van der Waals surface area contributed by atoms with Crippen molar-refractivity contribution >= 4 is 11.3 Å². The van der Waals surface area contributed by atoms with Gasteiger partial charge in [-0.2, -0.15) is 0 Å². The Hall–Kier alpha value is -2.60. The summed E-state index contributed by atoms with van der Waals surface area (Å²) in [5, 5.41) is 2.47. The van der Waals surface area contributed by atoms with E-state index in [9.17, 15) is 4.39 Å². The van der Waals surface area contributed by atoms with Crippen LogP contribution in [0, 0.1) is 5.82 Å². The molecule has 0 fully saturated rings. The van der Waals surface area contributed by atoms with Gasteiger partial charge in [-0.1, -0.05) is 23.5 Å². The van der Waals surface area contributed by atoms with Gasteiger partial charge in [-0.3, -0.25) is 0 Å². The Morgan fingerprint density at radius 1 is 0.913 bits per heavy atom. The average molecular weight is 331 g/mol. The quantitative estimate of drug-likeness (QED) is 0.596. The minimum Gasteiger partial charge on any atom is -0.490 e. The molecule has 0 aliphatic carbocycles. The summed E-state index contributed by atoms with van der Waals surface area (Å²) in [6, 6.07) is 13.1. The number of thiazole rings is 1. The van der Waals surface area contributed by atoms with Crippen LogP contribution >= 0.6 is 11.3 Å². The molecule has 0 amide bonds. The van der Waals surface area contributed by atoms with Gasteiger partial charge in [-0.15, -0.1) is 0 Å². The Balaban J connectivity index is 1.52. The van der Waals surface area contributed by atoms with Crippen LogP contribution in [0.2, 0.25) is 0 Å². The lowest BCUT2D eigenvalue weighted by molar-refractivity contribution is 0.216. The van der Waals surface area contributed by atoms with Gasteiger partial charge in [0.05, 0.1) is 0 Å². The Kier molecular flexibility index (Phi) is 5.06. The fraction of sp³-hybridized carbons (Fsp3) is 0.118. The molecule has 0 spiro atoms. The number of aromatic nitrogens is 1. The second kappa shape index (κ2) is 7.60. The summed E-state index contributed by atoms with van der Waals surface area (Å²) in [6.45, 7) is 0.797. The van der Waals surface area contributed by atoms with Gasteiger partial charge in [-0.05, 0) is 24.3 Å². The highest BCUT2D eigenvalue weighted by molar-refractivity contribution is 7.11. The Bertz CT molecular complexity index is 749. The van der Waals surface area contributed by atoms with Crippen LogP contribution in [0.5, 0.6) is 22.4 Å². The second-order valence-electron chi connectivity index (χ2n) is 4.53. The standard InChI is InChI=1S/C17H14FNO3S/c18-13-3-1-5-15(11-13)22-16-6-2-4-14(12-16)20-8-9-21-17-19-7-10-23-17/h1-7,10-12H,8-9H2. The third kappa shape index (κ3) is 4.69. The molecule has 23 heavy (non-hydrogen) atoms. The van der Waals surface area contributed by atoms with Crippen molar-refractivity contribution in [2.45, 2.75) is 0 Å². The Morgan fingerprint density at radius 3 is 2.43 bits per heavy atom. The molecule has 118 valence electrons. The molecular formula is C17H14FNO3S. The fourth-order valence-corrected chi connectivity index (χ4v) is 2.38. The van der Waals surface area contributed by atoms with Crippen molar-refractivity contribution in [3.8, 4) is 22.4 Å². The second-order valence-corrected chi connectivity index (χ2v) is 5.39. The van der Waals surface area contributed by atoms with E-state index in [0.29, 0.717) is 35.7 Å². The maximum Gasteiger partial charge on any atom is 0.273 e. The highest BCUT2D eigenvalue weighted by Gasteiger charge is 2.02. The van der Waals surface area contributed by atoms with E-state index in [-0.39, 0.29) is 5.82 Å². The third-order valence-corrected chi connectivity index (χ3v) is 3.51. The molecule has 0 unspecified atom stereocenters. The zero-order valence-corrected chi connectivity index (χ0v) is 13.0. The minimum absolute atomic E-state index is 0.339. The molecular weight excluding hydrogens is 317 g/mol. The summed E-state index contributed by atoms with van der Waals surface area (Å²) in [6.07, 6.45) is 1.69. The zero-order chi connectivity index (χ0) is 15.9. The molecule has 0 N–H and O–H groups in total. The molecule has 0 aliphatic heterocycles. The number of ether oxygens (including phenoxy) is 3.